The lowest BCUT2D eigenvalue weighted by Gasteiger charge is -2.24. The lowest BCUT2D eigenvalue weighted by molar-refractivity contribution is 0.0291. The highest BCUT2D eigenvalue weighted by atomic mass is 16.6. The number of H-pyrrole nitrogens is 1. The normalized spacial score (nSPS) is 18.6. The number of aromatic amines is 1. The van der Waals surface area contributed by atoms with Gasteiger partial charge >= 0.3 is 6.09 Å². The van der Waals surface area contributed by atoms with Gasteiger partial charge in [-0.1, -0.05) is 18.2 Å². The van der Waals surface area contributed by atoms with Crippen LogP contribution in [0.15, 0.2) is 30.5 Å². The van der Waals surface area contributed by atoms with Crippen molar-refractivity contribution in [2.75, 3.05) is 13.1 Å². The van der Waals surface area contributed by atoms with Crippen molar-refractivity contribution in [1.82, 2.24) is 15.2 Å². The molecule has 2 N–H and O–H groups in total. The summed E-state index contributed by atoms with van der Waals surface area (Å²) in [6.45, 7) is 7.95. The number of fused-ring (bicyclic) bond motifs is 1. The van der Waals surface area contributed by atoms with Crippen molar-refractivity contribution < 1.29 is 9.53 Å². The molecule has 1 unspecified atom stereocenters. The highest BCUT2D eigenvalue weighted by Gasteiger charge is 2.29. The summed E-state index contributed by atoms with van der Waals surface area (Å²) in [5.74, 6) is 0. The van der Waals surface area contributed by atoms with Crippen LogP contribution in [0, 0.1) is 0 Å². The van der Waals surface area contributed by atoms with Crippen LogP contribution in [0.1, 0.15) is 32.8 Å². The first-order valence-corrected chi connectivity index (χ1v) is 8.19. The minimum absolute atomic E-state index is 0.214. The Morgan fingerprint density at radius 3 is 2.96 bits per heavy atom. The van der Waals surface area contributed by atoms with Gasteiger partial charge in [-0.15, -0.1) is 0 Å². The fraction of sp³-hybridized carbons (Fsp3) is 0.500. The molecule has 0 saturated carbocycles. The van der Waals surface area contributed by atoms with Crippen LogP contribution < -0.4 is 5.32 Å². The number of likely N-dealkylation sites (tertiary alicyclic amines) is 1. The van der Waals surface area contributed by atoms with Gasteiger partial charge in [-0.25, -0.2) is 4.79 Å². The second-order valence-corrected chi connectivity index (χ2v) is 7.15. The Bertz CT molecular complexity index is 687. The van der Waals surface area contributed by atoms with E-state index in [4.69, 9.17) is 4.74 Å². The predicted octanol–water partition coefficient (Wildman–Crippen LogP) is 3.27. The van der Waals surface area contributed by atoms with E-state index >= 15 is 0 Å². The van der Waals surface area contributed by atoms with Gasteiger partial charge in [0.15, 0.2) is 0 Å². The lowest BCUT2D eigenvalue weighted by Crippen LogP contribution is -2.38. The third-order valence-electron chi connectivity index (χ3n) is 4.10. The maximum Gasteiger partial charge on any atom is 0.410 e. The van der Waals surface area contributed by atoms with Crippen LogP contribution in [0.3, 0.4) is 0 Å². The van der Waals surface area contributed by atoms with Gasteiger partial charge in [0.2, 0.25) is 0 Å². The summed E-state index contributed by atoms with van der Waals surface area (Å²) in [5.41, 5.74) is 1.98. The van der Waals surface area contributed by atoms with E-state index in [0.717, 1.165) is 25.0 Å². The number of amides is 1. The quantitative estimate of drug-likeness (QED) is 0.914. The number of aromatic nitrogens is 1. The number of para-hydroxylation sites is 1. The van der Waals surface area contributed by atoms with Crippen molar-refractivity contribution in [3.05, 3.63) is 36.0 Å². The number of ether oxygens (including phenoxy) is 1. The fourth-order valence-electron chi connectivity index (χ4n) is 2.95. The summed E-state index contributed by atoms with van der Waals surface area (Å²) >= 11 is 0. The first kappa shape index (κ1) is 15.9. The Hall–Kier alpha value is -2.01. The van der Waals surface area contributed by atoms with Crippen LogP contribution in [0.5, 0.6) is 0 Å². The molecule has 1 saturated heterocycles. The van der Waals surface area contributed by atoms with Crippen molar-refractivity contribution in [3.63, 3.8) is 0 Å². The fourth-order valence-corrected chi connectivity index (χ4v) is 2.95. The number of carbonyl (C=O) groups is 1. The van der Waals surface area contributed by atoms with Gasteiger partial charge in [0.05, 0.1) is 0 Å². The van der Waals surface area contributed by atoms with Gasteiger partial charge < -0.3 is 19.9 Å². The molecule has 1 amide bonds. The maximum absolute atomic E-state index is 12.1. The summed E-state index contributed by atoms with van der Waals surface area (Å²) in [6, 6.07) is 8.62. The number of benzene rings is 1. The molecule has 0 radical (unpaired) electrons. The lowest BCUT2D eigenvalue weighted by atomic mass is 10.1. The second-order valence-electron chi connectivity index (χ2n) is 7.15. The summed E-state index contributed by atoms with van der Waals surface area (Å²) in [7, 11) is 0. The van der Waals surface area contributed by atoms with Crippen LogP contribution >= 0.6 is 0 Å². The molecule has 2 heterocycles. The molecular weight excluding hydrogens is 290 g/mol. The highest BCUT2D eigenvalue weighted by Crippen LogP contribution is 2.19. The highest BCUT2D eigenvalue weighted by molar-refractivity contribution is 5.82. The molecule has 1 aromatic carbocycles. The minimum Gasteiger partial charge on any atom is -0.444 e. The molecule has 0 aliphatic carbocycles. The third-order valence-corrected chi connectivity index (χ3v) is 4.10. The van der Waals surface area contributed by atoms with Gasteiger partial charge in [0, 0.05) is 42.8 Å². The zero-order valence-electron chi connectivity index (χ0n) is 14.1. The van der Waals surface area contributed by atoms with Crippen LogP contribution in [0.4, 0.5) is 4.79 Å². The summed E-state index contributed by atoms with van der Waals surface area (Å²) in [6.07, 6.45) is 2.80. The van der Waals surface area contributed by atoms with Gasteiger partial charge in [0.25, 0.3) is 0 Å². The van der Waals surface area contributed by atoms with Crippen molar-refractivity contribution in [2.45, 2.75) is 45.4 Å². The number of nitrogens with one attached hydrogen (secondary N) is 2. The van der Waals surface area contributed by atoms with Crippen LogP contribution in [-0.2, 0) is 11.3 Å². The summed E-state index contributed by atoms with van der Waals surface area (Å²) < 4.78 is 5.43. The molecule has 0 bridgehead atoms. The molecule has 124 valence electrons. The van der Waals surface area contributed by atoms with E-state index in [1.54, 1.807) is 4.90 Å². The third kappa shape index (κ3) is 3.85. The van der Waals surface area contributed by atoms with Crippen molar-refractivity contribution >= 4 is 17.0 Å². The monoisotopic (exact) mass is 315 g/mol. The Kier molecular flexibility index (Phi) is 4.31. The summed E-state index contributed by atoms with van der Waals surface area (Å²) in [4.78, 5) is 17.2. The molecule has 5 heteroatoms. The molecule has 1 aliphatic heterocycles. The number of carbonyl (C=O) groups excluding carboxylic acids is 1. The Labute approximate surface area is 137 Å². The van der Waals surface area contributed by atoms with Crippen LogP contribution in [0.2, 0.25) is 0 Å². The van der Waals surface area contributed by atoms with E-state index in [-0.39, 0.29) is 6.09 Å². The molecule has 1 atom stereocenters. The minimum atomic E-state index is -0.438. The first-order valence-electron chi connectivity index (χ1n) is 8.19. The Balaban J connectivity index is 1.53. The molecule has 0 spiro atoms. The SMILES string of the molecule is CC(C)(C)OC(=O)N1CCC(NCc2c[nH]c3ccccc23)C1. The number of hydrogen-bond donors (Lipinski definition) is 2. The van der Waals surface area contributed by atoms with E-state index in [9.17, 15) is 4.79 Å². The molecule has 2 aromatic rings. The van der Waals surface area contributed by atoms with Crippen molar-refractivity contribution in [3.8, 4) is 0 Å². The van der Waals surface area contributed by atoms with Gasteiger partial charge in [0.1, 0.15) is 5.60 Å². The zero-order valence-corrected chi connectivity index (χ0v) is 14.1. The number of nitrogens with zero attached hydrogens (tertiary/aromatic N) is 1. The van der Waals surface area contributed by atoms with E-state index in [1.807, 2.05) is 26.8 Å². The average molecular weight is 315 g/mol. The standard InChI is InChI=1S/C18H25N3O2/c1-18(2,3)23-17(22)21-9-8-14(12-21)19-10-13-11-20-16-7-5-4-6-15(13)16/h4-7,11,14,19-20H,8-10,12H2,1-3H3. The van der Waals surface area contributed by atoms with E-state index < -0.39 is 5.60 Å². The second kappa shape index (κ2) is 6.24. The van der Waals surface area contributed by atoms with Gasteiger partial charge in [-0.05, 0) is 38.8 Å². The van der Waals surface area contributed by atoms with Gasteiger partial charge in [-0.2, -0.15) is 0 Å². The predicted molar refractivity (Wildman–Crippen MR) is 91.4 cm³/mol. The Morgan fingerprint density at radius 2 is 2.17 bits per heavy atom. The molecular formula is C18H25N3O2. The van der Waals surface area contributed by atoms with E-state index in [2.05, 4.69) is 34.7 Å². The van der Waals surface area contributed by atoms with Gasteiger partial charge in [-0.3, -0.25) is 0 Å². The molecule has 1 aliphatic rings. The van der Waals surface area contributed by atoms with E-state index in [1.165, 1.54) is 10.9 Å². The molecule has 1 aromatic heterocycles. The van der Waals surface area contributed by atoms with Crippen molar-refractivity contribution in [1.29, 1.82) is 0 Å². The number of rotatable bonds is 3. The summed E-state index contributed by atoms with van der Waals surface area (Å²) in [5, 5.41) is 4.81. The Morgan fingerprint density at radius 1 is 1.39 bits per heavy atom. The molecule has 3 rings (SSSR count). The first-order chi connectivity index (χ1) is 10.9. The van der Waals surface area contributed by atoms with Crippen LogP contribution in [-0.4, -0.2) is 40.7 Å². The maximum atomic E-state index is 12.1. The largest absolute Gasteiger partial charge is 0.444 e. The van der Waals surface area contributed by atoms with E-state index in [0.29, 0.717) is 12.6 Å². The molecule has 23 heavy (non-hydrogen) atoms. The molecule has 1 fully saturated rings. The zero-order chi connectivity index (χ0) is 16.4. The topological polar surface area (TPSA) is 57.4 Å². The van der Waals surface area contributed by atoms with Crippen molar-refractivity contribution in [2.24, 2.45) is 0 Å². The number of hydrogen-bond acceptors (Lipinski definition) is 3. The molecule has 5 nitrogen and oxygen atoms in total. The average Bonchev–Trinajstić information content (AvgIpc) is 3.10. The van der Waals surface area contributed by atoms with Crippen LogP contribution in [0.25, 0.3) is 10.9 Å². The smallest absolute Gasteiger partial charge is 0.410 e.